The molecule has 1 saturated heterocycles. The minimum atomic E-state index is -0.794. The molecule has 3 atom stereocenters. The van der Waals surface area contributed by atoms with Crippen LogP contribution in [-0.2, 0) is 25.5 Å². The second-order valence-electron chi connectivity index (χ2n) is 9.60. The predicted molar refractivity (Wildman–Crippen MR) is 151 cm³/mol. The monoisotopic (exact) mass is 563 g/mol. The van der Waals surface area contributed by atoms with Gasteiger partial charge in [0.05, 0.1) is 28.4 Å². The van der Waals surface area contributed by atoms with E-state index in [0.29, 0.717) is 30.4 Å². The molecule has 1 aliphatic rings. The lowest BCUT2D eigenvalue weighted by molar-refractivity contribution is -0.129. The molecular formula is C27H38ClN5O4S. The zero-order valence-electron chi connectivity index (χ0n) is 22.3. The van der Waals surface area contributed by atoms with E-state index >= 15 is 0 Å². The van der Waals surface area contributed by atoms with Gasteiger partial charge < -0.3 is 20.7 Å². The number of halogens is 1. The van der Waals surface area contributed by atoms with Crippen LogP contribution in [0.15, 0.2) is 30.4 Å². The summed E-state index contributed by atoms with van der Waals surface area (Å²) in [6.45, 7) is 13.3. The summed E-state index contributed by atoms with van der Waals surface area (Å²) < 4.78 is 6.28. The van der Waals surface area contributed by atoms with Crippen molar-refractivity contribution in [2.24, 2.45) is 5.92 Å². The average molecular weight is 564 g/mol. The third-order valence-corrected chi connectivity index (χ3v) is 8.00. The van der Waals surface area contributed by atoms with Crippen LogP contribution in [0.4, 0.5) is 0 Å². The number of ether oxygens (including phenoxy) is 1. The highest BCUT2D eigenvalue weighted by Gasteiger charge is 2.27. The van der Waals surface area contributed by atoms with Gasteiger partial charge in [0.1, 0.15) is 6.04 Å². The molecule has 3 amide bonds. The lowest BCUT2D eigenvalue weighted by Crippen LogP contribution is -2.54. The lowest BCUT2D eigenvalue weighted by atomic mass is 9.98. The summed E-state index contributed by atoms with van der Waals surface area (Å²) >= 11 is 7.56. The number of thiazole rings is 1. The van der Waals surface area contributed by atoms with E-state index in [2.05, 4.69) is 32.4 Å². The van der Waals surface area contributed by atoms with Gasteiger partial charge >= 0.3 is 0 Å². The fraction of sp³-hybridized carbons (Fsp3) is 0.556. The number of nitrogens with one attached hydrogen (secondary N) is 3. The van der Waals surface area contributed by atoms with Crippen LogP contribution in [0.25, 0.3) is 10.2 Å². The lowest BCUT2D eigenvalue weighted by Gasteiger charge is -2.28. The van der Waals surface area contributed by atoms with Gasteiger partial charge in [0.2, 0.25) is 17.7 Å². The van der Waals surface area contributed by atoms with E-state index in [1.165, 1.54) is 11.3 Å². The molecule has 1 aromatic heterocycles. The third kappa shape index (κ3) is 8.76. The highest BCUT2D eigenvalue weighted by molar-refractivity contribution is 7.18. The van der Waals surface area contributed by atoms with Gasteiger partial charge in [-0.05, 0) is 24.1 Å². The van der Waals surface area contributed by atoms with Gasteiger partial charge in [0.15, 0.2) is 0 Å². The highest BCUT2D eigenvalue weighted by Crippen LogP contribution is 2.26. The predicted octanol–water partition coefficient (Wildman–Crippen LogP) is 2.92. The largest absolute Gasteiger partial charge is 0.379 e. The molecule has 208 valence electrons. The van der Waals surface area contributed by atoms with Crippen molar-refractivity contribution in [2.45, 2.75) is 52.1 Å². The molecule has 9 nitrogen and oxygen atoms in total. The fourth-order valence-corrected chi connectivity index (χ4v) is 5.39. The molecule has 1 aliphatic heterocycles. The second kappa shape index (κ2) is 14.6. The van der Waals surface area contributed by atoms with E-state index in [1.54, 1.807) is 13.0 Å². The molecule has 0 aliphatic carbocycles. The quantitative estimate of drug-likeness (QED) is 0.323. The van der Waals surface area contributed by atoms with Crippen LogP contribution in [0, 0.1) is 5.92 Å². The summed E-state index contributed by atoms with van der Waals surface area (Å²) in [5, 5.41) is 10.2. The number of nitrogens with zero attached hydrogens (tertiary/aromatic N) is 2. The second-order valence-corrected chi connectivity index (χ2v) is 11.2. The van der Waals surface area contributed by atoms with Crippen molar-refractivity contribution in [3.05, 3.63) is 40.4 Å². The van der Waals surface area contributed by atoms with Crippen molar-refractivity contribution in [2.75, 3.05) is 39.4 Å². The molecule has 38 heavy (non-hydrogen) atoms. The minimum absolute atomic E-state index is 0.0962. The van der Waals surface area contributed by atoms with Gasteiger partial charge in [0, 0.05) is 55.7 Å². The molecule has 1 aromatic carbocycles. The number of benzene rings is 1. The maximum Gasteiger partial charge on any atom is 0.247 e. The van der Waals surface area contributed by atoms with Crippen LogP contribution < -0.4 is 16.0 Å². The van der Waals surface area contributed by atoms with E-state index in [4.69, 9.17) is 16.3 Å². The van der Waals surface area contributed by atoms with Crippen LogP contribution in [0.2, 0.25) is 5.02 Å². The average Bonchev–Trinajstić information content (AvgIpc) is 3.31. The number of carbonyl (C=O) groups excluding carboxylic acids is 3. The molecule has 2 heterocycles. The number of hydrogen-bond acceptors (Lipinski definition) is 7. The summed E-state index contributed by atoms with van der Waals surface area (Å²) in [5.41, 5.74) is 1.28. The number of amides is 3. The molecule has 0 bridgehead atoms. The first-order chi connectivity index (χ1) is 18.2. The van der Waals surface area contributed by atoms with Crippen molar-refractivity contribution in [1.82, 2.24) is 25.8 Å². The first-order valence-corrected chi connectivity index (χ1v) is 14.3. The normalized spacial score (nSPS) is 16.4. The Morgan fingerprint density at radius 2 is 1.95 bits per heavy atom. The van der Waals surface area contributed by atoms with Crippen LogP contribution in [0.5, 0.6) is 0 Å². The molecule has 3 N–H and O–H groups in total. The van der Waals surface area contributed by atoms with Crippen LogP contribution in [0.1, 0.15) is 38.6 Å². The van der Waals surface area contributed by atoms with Gasteiger partial charge in [0.25, 0.3) is 0 Å². The topological polar surface area (TPSA) is 113 Å². The van der Waals surface area contributed by atoms with Crippen LogP contribution in [-0.4, -0.2) is 79.1 Å². The Morgan fingerprint density at radius 1 is 1.21 bits per heavy atom. The summed E-state index contributed by atoms with van der Waals surface area (Å²) in [4.78, 5) is 45.2. The summed E-state index contributed by atoms with van der Waals surface area (Å²) in [5.74, 6) is -0.667. The van der Waals surface area contributed by atoms with Gasteiger partial charge in [-0.1, -0.05) is 45.4 Å². The first-order valence-electron chi connectivity index (χ1n) is 13.1. The number of fused-ring (bicyclic) bond motifs is 1. The van der Waals surface area contributed by atoms with Crippen molar-refractivity contribution in [3.63, 3.8) is 0 Å². The molecule has 0 saturated carbocycles. The number of rotatable bonds is 13. The van der Waals surface area contributed by atoms with Gasteiger partial charge in [-0.25, -0.2) is 4.98 Å². The number of carbonyl (C=O) groups is 3. The van der Waals surface area contributed by atoms with E-state index in [0.717, 1.165) is 34.7 Å². The Balaban J connectivity index is 1.65. The van der Waals surface area contributed by atoms with Crippen LogP contribution >= 0.6 is 22.9 Å². The van der Waals surface area contributed by atoms with Gasteiger partial charge in [-0.15, -0.1) is 11.3 Å². The summed E-state index contributed by atoms with van der Waals surface area (Å²) in [7, 11) is 0. The Labute approximate surface area is 233 Å². The smallest absolute Gasteiger partial charge is 0.247 e. The maximum absolute atomic E-state index is 13.4. The molecule has 0 radical (unpaired) electrons. The van der Waals surface area contributed by atoms with E-state index < -0.39 is 6.04 Å². The molecule has 1 fully saturated rings. The molecule has 1 unspecified atom stereocenters. The van der Waals surface area contributed by atoms with Gasteiger partial charge in [-0.3, -0.25) is 19.3 Å². The van der Waals surface area contributed by atoms with Crippen molar-refractivity contribution in [1.29, 1.82) is 0 Å². The third-order valence-electron chi connectivity index (χ3n) is 6.73. The Bertz CT molecular complexity index is 1130. The SMILES string of the molecule is C=C(CN1CCOCC1)C(=O)NCC(NC(=O)[C@H](Cc1nc2ccc(Cl)cc2s1)NC(=O)CC)[C@@H](C)CC. The van der Waals surface area contributed by atoms with Crippen molar-refractivity contribution < 1.29 is 19.1 Å². The minimum Gasteiger partial charge on any atom is -0.379 e. The van der Waals surface area contributed by atoms with E-state index in [-0.39, 0.29) is 49.1 Å². The molecule has 0 spiro atoms. The Kier molecular flexibility index (Phi) is 11.5. The first kappa shape index (κ1) is 30.0. The van der Waals surface area contributed by atoms with E-state index in [9.17, 15) is 14.4 Å². The summed E-state index contributed by atoms with van der Waals surface area (Å²) in [6.07, 6.45) is 1.32. The Morgan fingerprint density at radius 3 is 2.63 bits per heavy atom. The van der Waals surface area contributed by atoms with Crippen molar-refractivity contribution >= 4 is 50.9 Å². The van der Waals surface area contributed by atoms with E-state index in [1.807, 2.05) is 26.0 Å². The van der Waals surface area contributed by atoms with Gasteiger partial charge in [-0.2, -0.15) is 0 Å². The molecule has 2 aromatic rings. The zero-order chi connectivity index (χ0) is 27.7. The zero-order valence-corrected chi connectivity index (χ0v) is 23.9. The molecular weight excluding hydrogens is 526 g/mol. The maximum atomic E-state index is 13.4. The number of morpholine rings is 1. The molecule has 11 heteroatoms. The standard InChI is InChI=1S/C27H38ClN5O4S/c1-5-17(3)22(15-29-26(35)18(4)16-33-9-11-37-12-10-33)32-27(36)21(30-24(34)6-2)14-25-31-20-8-7-19(28)13-23(20)38-25/h7-8,13,17,21-22H,4-6,9-12,14-16H2,1-3H3,(H,29,35)(H,30,34)(H,32,36)/t17-,21-,22?/m0/s1. The number of hydrogen-bond donors (Lipinski definition) is 3. The fourth-order valence-electron chi connectivity index (χ4n) is 4.10. The number of aromatic nitrogens is 1. The molecule has 3 rings (SSSR count). The van der Waals surface area contributed by atoms with Crippen LogP contribution in [0.3, 0.4) is 0 Å². The summed E-state index contributed by atoms with van der Waals surface area (Å²) in [6, 6.07) is 4.34. The van der Waals surface area contributed by atoms with Crippen molar-refractivity contribution in [3.8, 4) is 0 Å². The Hall–Kier alpha value is -2.53. The highest BCUT2D eigenvalue weighted by atomic mass is 35.5.